The van der Waals surface area contributed by atoms with Crippen LogP contribution in [0.15, 0.2) is 29.1 Å². The van der Waals surface area contributed by atoms with Crippen molar-refractivity contribution in [2.75, 3.05) is 0 Å². The number of aryl methyl sites for hydroxylation is 1. The molecule has 0 fully saturated rings. The number of nitrogens with one attached hydrogen (secondary N) is 1. The van der Waals surface area contributed by atoms with Gasteiger partial charge in [-0.1, -0.05) is 12.1 Å². The first-order chi connectivity index (χ1) is 11.2. The predicted octanol–water partition coefficient (Wildman–Crippen LogP) is 2.76. The number of alkyl halides is 3. The number of halogens is 3. The van der Waals surface area contributed by atoms with Gasteiger partial charge >= 0.3 is 6.18 Å². The van der Waals surface area contributed by atoms with Crippen LogP contribution >= 0.6 is 0 Å². The van der Waals surface area contributed by atoms with E-state index in [0.717, 1.165) is 12.1 Å². The van der Waals surface area contributed by atoms with E-state index in [4.69, 9.17) is 0 Å². The fraction of sp³-hybridized carbons (Fsp3) is 0.267. The molecular weight excluding hydrogens is 325 g/mol. The van der Waals surface area contributed by atoms with Gasteiger partial charge in [0.1, 0.15) is 11.2 Å². The Kier molecular flexibility index (Phi) is 3.58. The summed E-state index contributed by atoms with van der Waals surface area (Å²) >= 11 is 0. The molecule has 0 saturated heterocycles. The summed E-state index contributed by atoms with van der Waals surface area (Å²) in [5.41, 5.74) is -0.578. The zero-order valence-electron chi connectivity index (χ0n) is 12.7. The van der Waals surface area contributed by atoms with Gasteiger partial charge in [0, 0.05) is 0 Å². The molecule has 2 aromatic heterocycles. The lowest BCUT2D eigenvalue weighted by atomic mass is 10.1. The van der Waals surface area contributed by atoms with Crippen molar-refractivity contribution in [3.63, 3.8) is 0 Å². The normalized spacial score (nSPS) is 13.4. The minimum Gasteiger partial charge on any atom is -0.492 e. The lowest BCUT2D eigenvalue weighted by molar-refractivity contribution is -0.137. The minimum absolute atomic E-state index is 0.0561. The molecule has 3 rings (SSSR count). The Hall–Kier alpha value is -2.84. The number of fused-ring (bicyclic) bond motifs is 1. The fourth-order valence-corrected chi connectivity index (χ4v) is 2.50. The summed E-state index contributed by atoms with van der Waals surface area (Å²) in [6.07, 6.45) is -4.41. The van der Waals surface area contributed by atoms with Gasteiger partial charge in [0.2, 0.25) is 5.88 Å². The van der Waals surface area contributed by atoms with E-state index in [1.807, 2.05) is 0 Å². The van der Waals surface area contributed by atoms with Crippen molar-refractivity contribution in [3.05, 3.63) is 51.6 Å². The summed E-state index contributed by atoms with van der Waals surface area (Å²) in [5, 5.41) is 13.7. The summed E-state index contributed by atoms with van der Waals surface area (Å²) in [4.78, 5) is 18.5. The van der Waals surface area contributed by atoms with Gasteiger partial charge in [-0.05, 0) is 31.5 Å². The van der Waals surface area contributed by atoms with Crippen LogP contribution in [-0.2, 0) is 6.18 Å². The Bertz CT molecular complexity index is 958. The first-order valence-corrected chi connectivity index (χ1v) is 7.03. The van der Waals surface area contributed by atoms with Gasteiger partial charge in [-0.15, -0.1) is 5.10 Å². The van der Waals surface area contributed by atoms with Gasteiger partial charge in [0.15, 0.2) is 5.65 Å². The monoisotopic (exact) mass is 338 g/mol. The summed E-state index contributed by atoms with van der Waals surface area (Å²) in [6.45, 7) is 3.27. The molecule has 9 heteroatoms. The fourth-order valence-electron chi connectivity index (χ4n) is 2.50. The Morgan fingerprint density at radius 1 is 1.25 bits per heavy atom. The molecule has 0 aliphatic heterocycles. The van der Waals surface area contributed by atoms with Crippen LogP contribution in [0.25, 0.3) is 11.0 Å². The molecule has 3 aromatic rings. The van der Waals surface area contributed by atoms with Crippen LogP contribution in [0.4, 0.5) is 13.2 Å². The quantitative estimate of drug-likeness (QED) is 0.752. The van der Waals surface area contributed by atoms with Crippen molar-refractivity contribution in [3.8, 4) is 5.88 Å². The highest BCUT2D eigenvalue weighted by Gasteiger charge is 2.30. The Labute approximate surface area is 133 Å². The molecule has 6 nitrogen and oxygen atoms in total. The van der Waals surface area contributed by atoms with Crippen molar-refractivity contribution in [2.45, 2.75) is 26.1 Å². The molecular formula is C15H13F3N4O2. The number of aromatic amines is 1. The van der Waals surface area contributed by atoms with Gasteiger partial charge in [-0.2, -0.15) is 13.2 Å². The number of aromatic hydroxyl groups is 1. The second-order valence-corrected chi connectivity index (χ2v) is 5.41. The molecule has 0 aliphatic carbocycles. The number of rotatable bonds is 2. The number of hydrogen-bond acceptors (Lipinski definition) is 4. The highest BCUT2D eigenvalue weighted by molar-refractivity contribution is 5.80. The van der Waals surface area contributed by atoms with Crippen LogP contribution in [0, 0.1) is 6.92 Å². The second-order valence-electron chi connectivity index (χ2n) is 5.41. The van der Waals surface area contributed by atoms with Gasteiger partial charge in [-0.3, -0.25) is 4.79 Å². The summed E-state index contributed by atoms with van der Waals surface area (Å²) < 4.78 is 39.3. The molecule has 2 heterocycles. The van der Waals surface area contributed by atoms with E-state index in [1.54, 1.807) is 13.8 Å². The van der Waals surface area contributed by atoms with Crippen LogP contribution in [0.1, 0.15) is 29.9 Å². The minimum atomic E-state index is -4.41. The molecule has 1 aromatic carbocycles. The van der Waals surface area contributed by atoms with Crippen molar-refractivity contribution >= 4 is 11.0 Å². The van der Waals surface area contributed by atoms with Crippen molar-refractivity contribution in [1.82, 2.24) is 19.7 Å². The standard InChI is InChI=1S/C15H13F3N4O2/c1-7(9-3-5-10(6-4-9)15(16,17)18)22-12-11(14(24)21-22)13(23)20-8(2)19-12/h3-7H,1-2H3,(H,21,24)(H,19,20,23). The van der Waals surface area contributed by atoms with Crippen molar-refractivity contribution < 1.29 is 18.3 Å². The molecule has 1 unspecified atom stereocenters. The van der Waals surface area contributed by atoms with Crippen molar-refractivity contribution in [1.29, 1.82) is 0 Å². The molecule has 0 aliphatic rings. The Balaban J connectivity index is 2.09. The predicted molar refractivity (Wildman–Crippen MR) is 79.8 cm³/mol. The van der Waals surface area contributed by atoms with Gasteiger partial charge in [0.05, 0.1) is 11.6 Å². The zero-order valence-corrected chi connectivity index (χ0v) is 12.7. The maximum atomic E-state index is 12.6. The van der Waals surface area contributed by atoms with Gasteiger partial charge in [0.25, 0.3) is 5.56 Å². The molecule has 0 amide bonds. The molecule has 0 radical (unpaired) electrons. The van der Waals surface area contributed by atoms with Crippen LogP contribution < -0.4 is 5.56 Å². The Morgan fingerprint density at radius 3 is 2.46 bits per heavy atom. The largest absolute Gasteiger partial charge is 0.492 e. The zero-order chi connectivity index (χ0) is 17.6. The Morgan fingerprint density at radius 2 is 1.88 bits per heavy atom. The van der Waals surface area contributed by atoms with E-state index >= 15 is 0 Å². The number of benzene rings is 1. The molecule has 24 heavy (non-hydrogen) atoms. The van der Waals surface area contributed by atoms with Crippen LogP contribution in [0.3, 0.4) is 0 Å². The number of hydrogen-bond donors (Lipinski definition) is 2. The number of aromatic nitrogens is 4. The first-order valence-electron chi connectivity index (χ1n) is 7.03. The van der Waals surface area contributed by atoms with Gasteiger partial charge < -0.3 is 10.1 Å². The van der Waals surface area contributed by atoms with E-state index in [1.165, 1.54) is 16.8 Å². The average molecular weight is 338 g/mol. The van der Waals surface area contributed by atoms with E-state index in [9.17, 15) is 23.1 Å². The topological polar surface area (TPSA) is 83.8 Å². The molecule has 0 bridgehead atoms. The second kappa shape index (κ2) is 5.36. The molecule has 2 N–H and O–H groups in total. The lowest BCUT2D eigenvalue weighted by Crippen LogP contribution is -2.13. The average Bonchev–Trinajstić information content (AvgIpc) is 2.82. The van der Waals surface area contributed by atoms with E-state index in [2.05, 4.69) is 15.1 Å². The summed E-state index contributed by atoms with van der Waals surface area (Å²) in [6, 6.07) is 4.09. The molecule has 0 saturated carbocycles. The SMILES string of the molecule is Cc1nc2c(c(O)nn2C(C)c2ccc(C(F)(F)F)cc2)c(=O)[nH]1. The molecule has 1 atom stereocenters. The van der Waals surface area contributed by atoms with Crippen molar-refractivity contribution in [2.24, 2.45) is 0 Å². The summed E-state index contributed by atoms with van der Waals surface area (Å²) in [5.74, 6) is -0.134. The van der Waals surface area contributed by atoms with E-state index < -0.39 is 29.2 Å². The maximum Gasteiger partial charge on any atom is 0.416 e. The van der Waals surface area contributed by atoms with Crippen LogP contribution in [0.2, 0.25) is 0 Å². The number of nitrogens with zero attached hydrogens (tertiary/aromatic N) is 3. The molecule has 126 valence electrons. The highest BCUT2D eigenvalue weighted by atomic mass is 19.4. The van der Waals surface area contributed by atoms with E-state index in [0.29, 0.717) is 11.4 Å². The van der Waals surface area contributed by atoms with Gasteiger partial charge in [-0.25, -0.2) is 9.67 Å². The third-order valence-corrected chi connectivity index (χ3v) is 3.75. The number of H-pyrrole nitrogens is 1. The van der Waals surface area contributed by atoms with Crippen LogP contribution in [0.5, 0.6) is 5.88 Å². The van der Waals surface area contributed by atoms with E-state index in [-0.39, 0.29) is 11.0 Å². The third kappa shape index (κ3) is 2.61. The highest BCUT2D eigenvalue weighted by Crippen LogP contribution is 2.31. The third-order valence-electron chi connectivity index (χ3n) is 3.75. The molecule has 0 spiro atoms. The first kappa shape index (κ1) is 16.0. The smallest absolute Gasteiger partial charge is 0.416 e. The maximum absolute atomic E-state index is 12.6. The summed E-state index contributed by atoms with van der Waals surface area (Å²) in [7, 11) is 0. The lowest BCUT2D eigenvalue weighted by Gasteiger charge is -2.14. The van der Waals surface area contributed by atoms with Crippen LogP contribution in [-0.4, -0.2) is 24.9 Å².